The molecule has 4 aromatic rings. The second kappa shape index (κ2) is 7.12. The fourth-order valence-corrected chi connectivity index (χ4v) is 3.08. The molecule has 2 aromatic heterocycles. The molecular weight excluding hydrogens is 432 g/mol. The number of hydrogen-bond donors (Lipinski definition) is 2. The first kappa shape index (κ1) is 18.2. The van der Waals surface area contributed by atoms with Gasteiger partial charge in [-0.25, -0.2) is 13.8 Å². The summed E-state index contributed by atoms with van der Waals surface area (Å²) in [4.78, 5) is 16.8. The van der Waals surface area contributed by atoms with Crippen LogP contribution in [0.5, 0.6) is 0 Å². The molecule has 0 aliphatic rings. The molecule has 10 heteroatoms. The molecule has 2 heterocycles. The van der Waals surface area contributed by atoms with Gasteiger partial charge in [0, 0.05) is 28.7 Å². The van der Waals surface area contributed by atoms with Gasteiger partial charge in [-0.1, -0.05) is 22.9 Å². The van der Waals surface area contributed by atoms with Crippen molar-refractivity contribution >= 4 is 44.5 Å². The van der Waals surface area contributed by atoms with Crippen LogP contribution in [0.25, 0.3) is 17.0 Å². The Bertz CT molecular complexity index is 1170. The van der Waals surface area contributed by atoms with Crippen molar-refractivity contribution in [2.24, 2.45) is 0 Å². The Balaban J connectivity index is 1.85. The number of anilines is 3. The van der Waals surface area contributed by atoms with Crippen molar-refractivity contribution in [3.63, 3.8) is 0 Å². The van der Waals surface area contributed by atoms with Crippen molar-refractivity contribution in [3.8, 4) is 5.95 Å². The van der Waals surface area contributed by atoms with Crippen LogP contribution in [-0.4, -0.2) is 24.5 Å². The zero-order valence-corrected chi connectivity index (χ0v) is 16.2. The molecule has 0 unspecified atom stereocenters. The van der Waals surface area contributed by atoms with Crippen LogP contribution >= 0.6 is 15.9 Å². The Morgan fingerprint density at radius 1 is 1.07 bits per heavy atom. The van der Waals surface area contributed by atoms with Crippen molar-refractivity contribution in [1.29, 1.82) is 0 Å². The van der Waals surface area contributed by atoms with Crippen LogP contribution in [0.1, 0.15) is 12.7 Å². The van der Waals surface area contributed by atoms with E-state index in [0.29, 0.717) is 12.2 Å². The third-order valence-corrected chi connectivity index (χ3v) is 4.53. The number of rotatable bonds is 4. The van der Waals surface area contributed by atoms with Crippen molar-refractivity contribution in [3.05, 3.63) is 58.3 Å². The molecule has 7 nitrogen and oxygen atoms in total. The molecule has 0 spiro atoms. The van der Waals surface area contributed by atoms with E-state index in [4.69, 9.17) is 5.73 Å². The van der Waals surface area contributed by atoms with E-state index in [-0.39, 0.29) is 28.9 Å². The van der Waals surface area contributed by atoms with Gasteiger partial charge in [-0.15, -0.1) is 0 Å². The van der Waals surface area contributed by atoms with Gasteiger partial charge in [-0.3, -0.25) is 4.57 Å². The third kappa shape index (κ3) is 3.38. The van der Waals surface area contributed by atoms with Crippen molar-refractivity contribution in [1.82, 2.24) is 24.5 Å². The van der Waals surface area contributed by atoms with Gasteiger partial charge in [-0.2, -0.15) is 15.0 Å². The first-order chi connectivity index (χ1) is 13.4. The number of nitrogens with zero attached hydrogens (tertiary/aromatic N) is 5. The molecule has 0 saturated carbocycles. The van der Waals surface area contributed by atoms with Crippen molar-refractivity contribution in [2.75, 3.05) is 11.1 Å². The summed E-state index contributed by atoms with van der Waals surface area (Å²) in [7, 11) is 0. The van der Waals surface area contributed by atoms with Crippen LogP contribution in [0.2, 0.25) is 0 Å². The Kier molecular flexibility index (Phi) is 4.63. The number of benzene rings is 2. The third-order valence-electron chi connectivity index (χ3n) is 4.01. The minimum Gasteiger partial charge on any atom is -0.368 e. The van der Waals surface area contributed by atoms with Crippen LogP contribution in [0, 0.1) is 11.6 Å². The van der Waals surface area contributed by atoms with Crippen LogP contribution in [0.4, 0.5) is 26.4 Å². The molecule has 3 N–H and O–H groups in total. The molecule has 0 radical (unpaired) electrons. The van der Waals surface area contributed by atoms with Gasteiger partial charge in [-0.05, 0) is 24.3 Å². The summed E-state index contributed by atoms with van der Waals surface area (Å²) >= 11 is 3.37. The number of nitrogens with one attached hydrogen (secondary N) is 1. The summed E-state index contributed by atoms with van der Waals surface area (Å²) in [5.74, 6) is -0.713. The summed E-state index contributed by atoms with van der Waals surface area (Å²) in [5, 5.41) is 3.04. The summed E-state index contributed by atoms with van der Waals surface area (Å²) in [6.07, 6.45) is 0.455. The lowest BCUT2D eigenvalue weighted by Gasteiger charge is -2.10. The van der Waals surface area contributed by atoms with Gasteiger partial charge < -0.3 is 11.1 Å². The second-order valence-corrected chi connectivity index (χ2v) is 6.84. The molecule has 2 aromatic carbocycles. The largest absolute Gasteiger partial charge is 0.368 e. The van der Waals surface area contributed by atoms with Gasteiger partial charge in [0.1, 0.15) is 17.2 Å². The number of aromatic nitrogens is 5. The van der Waals surface area contributed by atoms with Crippen LogP contribution in [0.15, 0.2) is 40.9 Å². The van der Waals surface area contributed by atoms with E-state index in [0.717, 1.165) is 16.2 Å². The monoisotopic (exact) mass is 445 g/mol. The van der Waals surface area contributed by atoms with Crippen LogP contribution in [0.3, 0.4) is 0 Å². The van der Waals surface area contributed by atoms with E-state index in [1.807, 2.05) is 31.2 Å². The van der Waals surface area contributed by atoms with Gasteiger partial charge in [0.15, 0.2) is 5.82 Å². The maximum atomic E-state index is 14.2. The van der Waals surface area contributed by atoms with Gasteiger partial charge in [0.25, 0.3) is 0 Å². The maximum Gasteiger partial charge on any atom is 0.242 e. The molecule has 142 valence electrons. The highest BCUT2D eigenvalue weighted by atomic mass is 79.9. The molecule has 4 rings (SSSR count). The molecule has 0 saturated heterocycles. The zero-order valence-electron chi connectivity index (χ0n) is 14.6. The molecule has 0 amide bonds. The highest BCUT2D eigenvalue weighted by Crippen LogP contribution is 2.25. The second-order valence-electron chi connectivity index (χ2n) is 5.92. The minimum absolute atomic E-state index is 0.0367. The molecule has 0 aliphatic carbocycles. The van der Waals surface area contributed by atoms with E-state index in [1.54, 1.807) is 0 Å². The van der Waals surface area contributed by atoms with E-state index in [2.05, 4.69) is 41.2 Å². The van der Waals surface area contributed by atoms with Crippen molar-refractivity contribution in [2.45, 2.75) is 13.3 Å². The summed E-state index contributed by atoms with van der Waals surface area (Å²) in [6, 6.07) is 9.36. The standard InChI is InChI=1S/C18H14BrF2N7/c1-2-14-24-15-12(21)7-10(20)8-13(15)28(14)18-26-16(22)25-17(27-18)23-11-5-3-9(19)4-6-11/h3-8H,2H2,1H3,(H3,22,23,25,26,27). The fraction of sp³-hybridized carbons (Fsp3) is 0.111. The summed E-state index contributed by atoms with van der Waals surface area (Å²) in [5.41, 5.74) is 6.84. The Labute approximate surface area is 166 Å². The predicted octanol–water partition coefficient (Wildman–Crippen LogP) is 4.14. The number of halogens is 3. The summed E-state index contributed by atoms with van der Waals surface area (Å²) < 4.78 is 30.4. The number of nitrogens with two attached hydrogens (primary N) is 1. The topological polar surface area (TPSA) is 94.5 Å². The van der Waals surface area contributed by atoms with Crippen LogP contribution in [-0.2, 0) is 6.42 Å². The van der Waals surface area contributed by atoms with Crippen molar-refractivity contribution < 1.29 is 8.78 Å². The molecule has 0 bridgehead atoms. The SMILES string of the molecule is CCc1nc2c(F)cc(F)cc2n1-c1nc(N)nc(Nc2ccc(Br)cc2)n1. The predicted molar refractivity (Wildman–Crippen MR) is 106 cm³/mol. The minimum atomic E-state index is -0.751. The average molecular weight is 446 g/mol. The normalized spacial score (nSPS) is 11.1. The van der Waals surface area contributed by atoms with E-state index < -0.39 is 11.6 Å². The van der Waals surface area contributed by atoms with E-state index in [1.165, 1.54) is 10.6 Å². The molecule has 28 heavy (non-hydrogen) atoms. The van der Waals surface area contributed by atoms with Gasteiger partial charge in [0.2, 0.25) is 17.8 Å². The highest BCUT2D eigenvalue weighted by Gasteiger charge is 2.19. The average Bonchev–Trinajstić information content (AvgIpc) is 3.02. The Morgan fingerprint density at radius 3 is 2.54 bits per heavy atom. The smallest absolute Gasteiger partial charge is 0.242 e. The zero-order chi connectivity index (χ0) is 19.8. The lowest BCUT2D eigenvalue weighted by molar-refractivity contribution is 0.590. The first-order valence-corrected chi connectivity index (χ1v) is 9.15. The highest BCUT2D eigenvalue weighted by molar-refractivity contribution is 9.10. The number of imidazole rings is 1. The quantitative estimate of drug-likeness (QED) is 0.490. The van der Waals surface area contributed by atoms with Crippen LogP contribution < -0.4 is 11.1 Å². The Morgan fingerprint density at radius 2 is 1.82 bits per heavy atom. The Hall–Kier alpha value is -3.14. The van der Waals surface area contributed by atoms with E-state index in [9.17, 15) is 8.78 Å². The molecular formula is C18H14BrF2N7. The maximum absolute atomic E-state index is 14.2. The number of aryl methyl sites for hydroxylation is 1. The molecule has 0 atom stereocenters. The number of nitrogen functional groups attached to an aromatic ring is 1. The van der Waals surface area contributed by atoms with Gasteiger partial charge >= 0.3 is 0 Å². The first-order valence-electron chi connectivity index (χ1n) is 8.35. The lowest BCUT2D eigenvalue weighted by atomic mass is 10.3. The molecule has 0 fully saturated rings. The fourth-order valence-electron chi connectivity index (χ4n) is 2.81. The van der Waals surface area contributed by atoms with E-state index >= 15 is 0 Å². The molecule has 0 aliphatic heterocycles. The number of fused-ring (bicyclic) bond motifs is 1. The lowest BCUT2D eigenvalue weighted by Crippen LogP contribution is -2.11. The number of hydrogen-bond acceptors (Lipinski definition) is 6. The van der Waals surface area contributed by atoms with Gasteiger partial charge in [0.05, 0.1) is 5.52 Å². The summed E-state index contributed by atoms with van der Waals surface area (Å²) in [6.45, 7) is 1.84.